The molecule has 2 aliphatic rings. The molecule has 2 aliphatic carbocycles. The number of hydrogen-bond acceptors (Lipinski definition) is 1. The first kappa shape index (κ1) is 10.3. The summed E-state index contributed by atoms with van der Waals surface area (Å²) in [6.07, 6.45) is 14.1. The molecule has 0 unspecified atom stereocenters. The minimum Gasteiger partial charge on any atom is -0.264 e. The number of aromatic nitrogens is 1. The van der Waals surface area contributed by atoms with Crippen LogP contribution in [0.25, 0.3) is 0 Å². The Labute approximate surface area is 98.3 Å². The van der Waals surface area contributed by atoms with Gasteiger partial charge in [-0.25, -0.2) is 0 Å². The van der Waals surface area contributed by atoms with Crippen molar-refractivity contribution in [2.24, 2.45) is 17.8 Å². The smallest absolute Gasteiger partial charge is 0.0299 e. The molecule has 2 saturated carbocycles. The monoisotopic (exact) mass is 215 g/mol. The largest absolute Gasteiger partial charge is 0.264 e. The molecule has 86 valence electrons. The van der Waals surface area contributed by atoms with Gasteiger partial charge in [0.25, 0.3) is 0 Å². The zero-order valence-corrected chi connectivity index (χ0v) is 9.94. The van der Waals surface area contributed by atoms with Crippen LogP contribution in [0.3, 0.4) is 0 Å². The Bertz CT molecular complexity index is 311. The summed E-state index contributed by atoms with van der Waals surface area (Å²) in [5.74, 6) is 3.03. The summed E-state index contributed by atoms with van der Waals surface area (Å²) in [5, 5.41) is 0. The Morgan fingerprint density at radius 3 is 2.25 bits per heavy atom. The van der Waals surface area contributed by atoms with Crippen LogP contribution in [0.1, 0.15) is 44.1 Å². The molecule has 2 fully saturated rings. The van der Waals surface area contributed by atoms with E-state index in [1.54, 1.807) is 0 Å². The van der Waals surface area contributed by atoms with Gasteiger partial charge >= 0.3 is 0 Å². The third-order valence-corrected chi connectivity index (χ3v) is 4.70. The summed E-state index contributed by atoms with van der Waals surface area (Å²) in [5.41, 5.74) is 1.45. The van der Waals surface area contributed by atoms with Gasteiger partial charge in [-0.3, -0.25) is 4.98 Å². The van der Waals surface area contributed by atoms with Crippen LogP contribution in [0.15, 0.2) is 24.5 Å². The minimum atomic E-state index is 0.965. The van der Waals surface area contributed by atoms with E-state index in [0.717, 1.165) is 17.8 Å². The molecule has 1 aromatic rings. The van der Waals surface area contributed by atoms with E-state index in [1.165, 1.54) is 50.5 Å². The summed E-state index contributed by atoms with van der Waals surface area (Å²) in [4.78, 5) is 4.24. The van der Waals surface area contributed by atoms with Crippen LogP contribution >= 0.6 is 0 Å². The molecule has 1 nitrogen and oxygen atoms in total. The molecule has 0 radical (unpaired) electrons. The molecular formula is C15H21N. The molecular weight excluding hydrogens is 194 g/mol. The molecule has 0 amide bonds. The van der Waals surface area contributed by atoms with Crippen LogP contribution in [-0.4, -0.2) is 4.98 Å². The predicted molar refractivity (Wildman–Crippen MR) is 66.1 cm³/mol. The maximum atomic E-state index is 4.24. The maximum absolute atomic E-state index is 4.24. The van der Waals surface area contributed by atoms with E-state index in [2.05, 4.69) is 23.3 Å². The van der Waals surface area contributed by atoms with Crippen molar-refractivity contribution in [3.63, 3.8) is 0 Å². The Hall–Kier alpha value is -0.850. The Morgan fingerprint density at radius 1 is 1.12 bits per heavy atom. The predicted octanol–water partition coefficient (Wildman–Crippen LogP) is 3.84. The lowest BCUT2D eigenvalue weighted by molar-refractivity contribution is 0.0928. The highest BCUT2D eigenvalue weighted by atomic mass is 14.6. The van der Waals surface area contributed by atoms with Gasteiger partial charge in [-0.2, -0.15) is 0 Å². The van der Waals surface area contributed by atoms with Gasteiger partial charge in [-0.05, 0) is 35.8 Å². The van der Waals surface area contributed by atoms with Crippen molar-refractivity contribution in [2.75, 3.05) is 0 Å². The molecule has 0 saturated heterocycles. The van der Waals surface area contributed by atoms with Crippen molar-refractivity contribution in [3.8, 4) is 0 Å². The fourth-order valence-corrected chi connectivity index (χ4v) is 3.25. The summed E-state index contributed by atoms with van der Waals surface area (Å²) in [6, 6.07) is 4.32. The lowest BCUT2D eigenvalue weighted by atomic mass is 9.63. The number of nitrogens with zero attached hydrogens (tertiary/aromatic N) is 1. The van der Waals surface area contributed by atoms with Gasteiger partial charge in [0.15, 0.2) is 0 Å². The van der Waals surface area contributed by atoms with Crippen molar-refractivity contribution < 1.29 is 0 Å². The molecule has 1 aromatic heterocycles. The summed E-state index contributed by atoms with van der Waals surface area (Å²) < 4.78 is 0. The van der Waals surface area contributed by atoms with E-state index in [-0.39, 0.29) is 0 Å². The first-order valence-corrected chi connectivity index (χ1v) is 6.82. The van der Waals surface area contributed by atoms with E-state index in [4.69, 9.17) is 0 Å². The van der Waals surface area contributed by atoms with Gasteiger partial charge < -0.3 is 0 Å². The van der Waals surface area contributed by atoms with Crippen molar-refractivity contribution in [1.82, 2.24) is 4.98 Å². The van der Waals surface area contributed by atoms with Crippen LogP contribution in [0.4, 0.5) is 0 Å². The van der Waals surface area contributed by atoms with E-state index < -0.39 is 0 Å². The lowest BCUT2D eigenvalue weighted by Gasteiger charge is -2.42. The van der Waals surface area contributed by atoms with Crippen molar-refractivity contribution in [2.45, 2.75) is 44.9 Å². The van der Waals surface area contributed by atoms with E-state index in [1.807, 2.05) is 6.20 Å². The minimum absolute atomic E-state index is 0.965. The quantitative estimate of drug-likeness (QED) is 0.743. The fraction of sp³-hybridized carbons (Fsp3) is 0.667. The standard InChI is InChI=1S/C15H21N/c1-5-13(6-1)15(14-7-2-8-14)10-12-4-3-9-16-11-12/h3-4,9,11,13-15H,1-2,5-8,10H2. The van der Waals surface area contributed by atoms with Gasteiger partial charge in [-0.15, -0.1) is 0 Å². The second-order valence-electron chi connectivity index (χ2n) is 5.61. The molecule has 0 bridgehead atoms. The van der Waals surface area contributed by atoms with Crippen LogP contribution in [0, 0.1) is 17.8 Å². The SMILES string of the molecule is c1cncc(CC(C2CCC2)C2CCC2)c1. The van der Waals surface area contributed by atoms with Gasteiger partial charge in [0.1, 0.15) is 0 Å². The topological polar surface area (TPSA) is 12.9 Å². The third kappa shape index (κ3) is 2.00. The highest BCUT2D eigenvalue weighted by Crippen LogP contribution is 2.45. The summed E-state index contributed by atoms with van der Waals surface area (Å²) in [6.45, 7) is 0. The lowest BCUT2D eigenvalue weighted by Crippen LogP contribution is -2.33. The van der Waals surface area contributed by atoms with Gasteiger partial charge in [0.2, 0.25) is 0 Å². The number of rotatable bonds is 4. The zero-order valence-electron chi connectivity index (χ0n) is 9.94. The highest BCUT2D eigenvalue weighted by molar-refractivity contribution is 5.10. The number of pyridine rings is 1. The molecule has 0 aliphatic heterocycles. The van der Waals surface area contributed by atoms with Crippen molar-refractivity contribution >= 4 is 0 Å². The Kier molecular flexibility index (Phi) is 2.94. The Balaban J connectivity index is 1.68. The molecule has 0 atom stereocenters. The van der Waals surface area contributed by atoms with Crippen LogP contribution in [0.5, 0.6) is 0 Å². The van der Waals surface area contributed by atoms with Crippen LogP contribution in [0.2, 0.25) is 0 Å². The van der Waals surface area contributed by atoms with Gasteiger partial charge in [0, 0.05) is 12.4 Å². The van der Waals surface area contributed by atoms with Gasteiger partial charge in [0.05, 0.1) is 0 Å². The van der Waals surface area contributed by atoms with Crippen molar-refractivity contribution in [1.29, 1.82) is 0 Å². The van der Waals surface area contributed by atoms with Crippen LogP contribution < -0.4 is 0 Å². The second-order valence-corrected chi connectivity index (χ2v) is 5.61. The average Bonchev–Trinajstić information content (AvgIpc) is 2.13. The average molecular weight is 215 g/mol. The molecule has 3 rings (SSSR count). The van der Waals surface area contributed by atoms with E-state index in [0.29, 0.717) is 0 Å². The first-order valence-electron chi connectivity index (χ1n) is 6.82. The second kappa shape index (κ2) is 4.57. The number of hydrogen-bond donors (Lipinski definition) is 0. The molecule has 16 heavy (non-hydrogen) atoms. The fourth-order valence-electron chi connectivity index (χ4n) is 3.25. The molecule has 0 aromatic carbocycles. The maximum Gasteiger partial charge on any atom is 0.0299 e. The molecule has 0 spiro atoms. The van der Waals surface area contributed by atoms with Gasteiger partial charge in [-0.1, -0.05) is 44.6 Å². The zero-order chi connectivity index (χ0) is 10.8. The third-order valence-electron chi connectivity index (χ3n) is 4.70. The first-order chi connectivity index (χ1) is 7.93. The van der Waals surface area contributed by atoms with Crippen LogP contribution in [-0.2, 0) is 6.42 Å². The summed E-state index contributed by atoms with van der Waals surface area (Å²) in [7, 11) is 0. The van der Waals surface area contributed by atoms with Crippen molar-refractivity contribution in [3.05, 3.63) is 30.1 Å². The summed E-state index contributed by atoms with van der Waals surface area (Å²) >= 11 is 0. The van der Waals surface area contributed by atoms with E-state index in [9.17, 15) is 0 Å². The normalized spacial score (nSPS) is 21.8. The molecule has 0 N–H and O–H groups in total. The molecule has 1 heterocycles. The van der Waals surface area contributed by atoms with E-state index >= 15 is 0 Å². The Morgan fingerprint density at radius 2 is 1.81 bits per heavy atom. The molecule has 1 heteroatoms. The highest BCUT2D eigenvalue weighted by Gasteiger charge is 2.35.